The zero-order valence-corrected chi connectivity index (χ0v) is 15.7. The maximum absolute atomic E-state index is 13.7. The van der Waals surface area contributed by atoms with E-state index >= 15 is 0 Å². The molecule has 3 atom stereocenters. The Morgan fingerprint density at radius 3 is 2.68 bits per heavy atom. The maximum Gasteiger partial charge on any atom is 0.230 e. The summed E-state index contributed by atoms with van der Waals surface area (Å²) < 4.78 is 32.6. The molecule has 7 nitrogen and oxygen atoms in total. The van der Waals surface area contributed by atoms with E-state index in [2.05, 4.69) is 15.5 Å². The van der Waals surface area contributed by atoms with Gasteiger partial charge in [0.25, 0.3) is 0 Å². The molecule has 0 spiro atoms. The van der Waals surface area contributed by atoms with Crippen molar-refractivity contribution in [2.75, 3.05) is 31.2 Å². The van der Waals surface area contributed by atoms with Gasteiger partial charge in [0.2, 0.25) is 11.8 Å². The van der Waals surface area contributed by atoms with E-state index in [1.165, 1.54) is 4.90 Å². The first-order valence-electron chi connectivity index (χ1n) is 9.59. The fourth-order valence-corrected chi connectivity index (χ4v) is 4.26. The zero-order chi connectivity index (χ0) is 19.8. The van der Waals surface area contributed by atoms with Gasteiger partial charge in [0.1, 0.15) is 0 Å². The lowest BCUT2D eigenvalue weighted by Gasteiger charge is -2.40. The SMILES string of the molecule is CC1Cc2cc(F)c(F)cc2N1C(=O)CC1NC(=O)CC(N2CCOCC2)N1. The highest BCUT2D eigenvalue weighted by atomic mass is 19.2. The maximum atomic E-state index is 13.7. The van der Waals surface area contributed by atoms with E-state index in [0.717, 1.165) is 25.2 Å². The van der Waals surface area contributed by atoms with Crippen LogP contribution in [0.25, 0.3) is 0 Å². The number of amides is 2. The number of morpholine rings is 1. The molecule has 1 aromatic carbocycles. The average Bonchev–Trinajstić information content (AvgIpc) is 2.97. The van der Waals surface area contributed by atoms with Gasteiger partial charge in [-0.3, -0.25) is 19.8 Å². The van der Waals surface area contributed by atoms with Crippen LogP contribution in [0.15, 0.2) is 12.1 Å². The summed E-state index contributed by atoms with van der Waals surface area (Å²) in [6, 6.07) is 2.04. The Morgan fingerprint density at radius 1 is 1.21 bits per heavy atom. The van der Waals surface area contributed by atoms with Crippen LogP contribution < -0.4 is 15.5 Å². The summed E-state index contributed by atoms with van der Waals surface area (Å²) in [5.41, 5.74) is 1.02. The molecular formula is C19H24F2N4O3. The summed E-state index contributed by atoms with van der Waals surface area (Å²) >= 11 is 0. The van der Waals surface area contributed by atoms with Crippen LogP contribution in [0.3, 0.4) is 0 Å². The number of rotatable bonds is 3. The van der Waals surface area contributed by atoms with Gasteiger partial charge in [0.15, 0.2) is 11.6 Å². The second-order valence-corrected chi connectivity index (χ2v) is 7.57. The van der Waals surface area contributed by atoms with Gasteiger partial charge in [-0.05, 0) is 25.0 Å². The Labute approximate surface area is 162 Å². The van der Waals surface area contributed by atoms with Crippen LogP contribution in [0.4, 0.5) is 14.5 Å². The molecule has 0 aromatic heterocycles. The smallest absolute Gasteiger partial charge is 0.230 e. The van der Waals surface area contributed by atoms with Gasteiger partial charge >= 0.3 is 0 Å². The third kappa shape index (κ3) is 3.74. The molecule has 0 radical (unpaired) electrons. The molecule has 9 heteroatoms. The number of anilines is 1. The van der Waals surface area contributed by atoms with Gasteiger partial charge in [-0.2, -0.15) is 0 Å². The first-order chi connectivity index (χ1) is 13.4. The molecule has 2 amide bonds. The summed E-state index contributed by atoms with van der Waals surface area (Å²) in [5.74, 6) is -2.23. The highest BCUT2D eigenvalue weighted by Crippen LogP contribution is 2.34. The predicted octanol–water partition coefficient (Wildman–Crippen LogP) is 0.726. The fourth-order valence-electron chi connectivity index (χ4n) is 4.26. The van der Waals surface area contributed by atoms with Gasteiger partial charge < -0.3 is 15.0 Å². The number of benzene rings is 1. The van der Waals surface area contributed by atoms with Crippen LogP contribution in [0, 0.1) is 11.6 Å². The largest absolute Gasteiger partial charge is 0.379 e. The molecule has 2 saturated heterocycles. The van der Waals surface area contributed by atoms with E-state index in [1.807, 2.05) is 6.92 Å². The molecule has 28 heavy (non-hydrogen) atoms. The van der Waals surface area contributed by atoms with E-state index in [0.29, 0.717) is 37.3 Å². The molecule has 2 fully saturated rings. The van der Waals surface area contributed by atoms with Crippen molar-refractivity contribution in [1.82, 2.24) is 15.5 Å². The molecule has 3 aliphatic heterocycles. The number of halogens is 2. The van der Waals surface area contributed by atoms with Crippen molar-refractivity contribution in [1.29, 1.82) is 0 Å². The third-order valence-corrected chi connectivity index (χ3v) is 5.58. The van der Waals surface area contributed by atoms with Crippen LogP contribution in [-0.2, 0) is 20.7 Å². The molecule has 3 unspecified atom stereocenters. The Kier molecular flexibility index (Phi) is 5.31. The molecule has 152 valence electrons. The minimum atomic E-state index is -0.970. The lowest BCUT2D eigenvalue weighted by atomic mass is 10.1. The molecule has 1 aromatic rings. The predicted molar refractivity (Wildman–Crippen MR) is 97.5 cm³/mol. The van der Waals surface area contributed by atoms with Crippen LogP contribution in [0.1, 0.15) is 25.3 Å². The Hall–Kier alpha value is -2.10. The Morgan fingerprint density at radius 2 is 1.93 bits per heavy atom. The Balaban J connectivity index is 1.46. The highest BCUT2D eigenvalue weighted by molar-refractivity contribution is 5.96. The standard InChI is InChI=1S/C19H24F2N4O3/c1-11-6-12-7-13(20)14(21)8-15(12)25(11)19(27)9-16-22-17(10-18(26)23-16)24-2-4-28-5-3-24/h7-8,11,16-17,22H,2-6,9-10H2,1H3,(H,23,26). The van der Waals surface area contributed by atoms with Gasteiger partial charge in [0, 0.05) is 25.2 Å². The van der Waals surface area contributed by atoms with Gasteiger partial charge in [-0.25, -0.2) is 8.78 Å². The molecule has 4 rings (SSSR count). The number of ether oxygens (including phenoxy) is 1. The zero-order valence-electron chi connectivity index (χ0n) is 15.7. The Bertz CT molecular complexity index is 785. The number of carbonyl (C=O) groups excluding carboxylic acids is 2. The molecule has 3 heterocycles. The van der Waals surface area contributed by atoms with E-state index in [9.17, 15) is 18.4 Å². The van der Waals surface area contributed by atoms with Crippen molar-refractivity contribution in [2.45, 2.75) is 44.6 Å². The summed E-state index contributed by atoms with van der Waals surface area (Å²) in [5, 5.41) is 6.13. The van der Waals surface area contributed by atoms with E-state index < -0.39 is 17.8 Å². The first-order valence-corrected chi connectivity index (χ1v) is 9.59. The highest BCUT2D eigenvalue weighted by Gasteiger charge is 2.36. The third-order valence-electron chi connectivity index (χ3n) is 5.58. The lowest BCUT2D eigenvalue weighted by Crippen LogP contribution is -2.64. The van der Waals surface area contributed by atoms with E-state index in [4.69, 9.17) is 4.74 Å². The van der Waals surface area contributed by atoms with E-state index in [-0.39, 0.29) is 30.4 Å². The minimum Gasteiger partial charge on any atom is -0.379 e. The molecule has 0 aliphatic carbocycles. The normalized spacial score (nSPS) is 28.2. The average molecular weight is 394 g/mol. The second kappa shape index (κ2) is 7.73. The number of hydrogen-bond donors (Lipinski definition) is 2. The summed E-state index contributed by atoms with van der Waals surface area (Å²) in [7, 11) is 0. The minimum absolute atomic E-state index is 0.0371. The van der Waals surface area contributed by atoms with Gasteiger partial charge in [0.05, 0.1) is 44.1 Å². The van der Waals surface area contributed by atoms with Gasteiger partial charge in [-0.1, -0.05) is 0 Å². The van der Waals surface area contributed by atoms with Crippen molar-refractivity contribution >= 4 is 17.5 Å². The number of nitrogens with zero attached hydrogens (tertiary/aromatic N) is 2. The summed E-state index contributed by atoms with van der Waals surface area (Å²) in [6.45, 7) is 4.54. The van der Waals surface area contributed by atoms with Crippen molar-refractivity contribution in [3.8, 4) is 0 Å². The van der Waals surface area contributed by atoms with Crippen LogP contribution in [-0.4, -0.2) is 61.4 Å². The number of hydrogen-bond acceptors (Lipinski definition) is 5. The summed E-state index contributed by atoms with van der Waals surface area (Å²) in [4.78, 5) is 28.8. The fraction of sp³-hybridized carbons (Fsp3) is 0.579. The number of fused-ring (bicyclic) bond motifs is 1. The second-order valence-electron chi connectivity index (χ2n) is 7.57. The van der Waals surface area contributed by atoms with Crippen molar-refractivity contribution in [3.63, 3.8) is 0 Å². The van der Waals surface area contributed by atoms with Crippen molar-refractivity contribution < 1.29 is 23.1 Å². The van der Waals surface area contributed by atoms with E-state index in [1.54, 1.807) is 0 Å². The van der Waals surface area contributed by atoms with Crippen LogP contribution >= 0.6 is 0 Å². The number of carbonyl (C=O) groups is 2. The van der Waals surface area contributed by atoms with Crippen molar-refractivity contribution in [3.05, 3.63) is 29.3 Å². The number of nitrogens with one attached hydrogen (secondary N) is 2. The van der Waals surface area contributed by atoms with Crippen LogP contribution in [0.2, 0.25) is 0 Å². The van der Waals surface area contributed by atoms with Crippen molar-refractivity contribution in [2.24, 2.45) is 0 Å². The monoisotopic (exact) mass is 394 g/mol. The molecule has 3 aliphatic rings. The van der Waals surface area contributed by atoms with Gasteiger partial charge in [-0.15, -0.1) is 0 Å². The van der Waals surface area contributed by atoms with Crippen LogP contribution in [0.5, 0.6) is 0 Å². The topological polar surface area (TPSA) is 73.9 Å². The lowest BCUT2D eigenvalue weighted by molar-refractivity contribution is -0.128. The molecule has 2 N–H and O–H groups in total. The quantitative estimate of drug-likeness (QED) is 0.791. The molecule has 0 saturated carbocycles. The molecule has 0 bridgehead atoms. The first kappa shape index (κ1) is 19.2. The molecular weight excluding hydrogens is 370 g/mol. The summed E-state index contributed by atoms with van der Waals surface area (Å²) in [6.07, 6.45) is 0.167.